The Hall–Kier alpha value is -3.66. The van der Waals surface area contributed by atoms with Crippen LogP contribution in [0.2, 0.25) is 5.02 Å². The van der Waals surface area contributed by atoms with E-state index in [1.807, 2.05) is 0 Å². The summed E-state index contributed by atoms with van der Waals surface area (Å²) in [7, 11) is 0. The largest absolute Gasteiger partial charge is 0.416 e. The van der Waals surface area contributed by atoms with E-state index in [0.717, 1.165) is 12.1 Å². The third kappa shape index (κ3) is 5.06. The quantitative estimate of drug-likeness (QED) is 0.460. The molecular formula is C22H17ClF3N5O2. The molecule has 1 amide bonds. The van der Waals surface area contributed by atoms with Crippen LogP contribution >= 0.6 is 11.6 Å². The van der Waals surface area contributed by atoms with Crippen LogP contribution < -0.4 is 10.9 Å². The molecule has 0 unspecified atom stereocenters. The summed E-state index contributed by atoms with van der Waals surface area (Å²) in [5.41, 5.74) is -0.101. The van der Waals surface area contributed by atoms with Crippen LogP contribution in [0.5, 0.6) is 0 Å². The Labute approximate surface area is 190 Å². The maximum absolute atomic E-state index is 12.9. The Kier molecular flexibility index (Phi) is 6.19. The van der Waals surface area contributed by atoms with Crippen molar-refractivity contribution in [3.63, 3.8) is 0 Å². The van der Waals surface area contributed by atoms with Gasteiger partial charge in [-0.05, 0) is 42.0 Å². The summed E-state index contributed by atoms with van der Waals surface area (Å²) in [5.74, 6) is -0.278. The number of nitrogens with one attached hydrogen (secondary N) is 1. The van der Waals surface area contributed by atoms with Crippen molar-refractivity contribution in [3.8, 4) is 0 Å². The highest BCUT2D eigenvalue weighted by Gasteiger charge is 2.30. The molecule has 0 radical (unpaired) electrons. The van der Waals surface area contributed by atoms with Gasteiger partial charge in [-0.15, -0.1) is 0 Å². The second kappa shape index (κ2) is 9.07. The van der Waals surface area contributed by atoms with Gasteiger partial charge in [0.1, 0.15) is 11.7 Å². The molecule has 170 valence electrons. The van der Waals surface area contributed by atoms with Crippen LogP contribution in [-0.2, 0) is 19.3 Å². The number of benzene rings is 2. The third-order valence-electron chi connectivity index (χ3n) is 4.95. The van der Waals surface area contributed by atoms with E-state index in [-0.39, 0.29) is 30.9 Å². The molecule has 0 aliphatic carbocycles. The van der Waals surface area contributed by atoms with Gasteiger partial charge >= 0.3 is 6.18 Å². The minimum Gasteiger partial charge on any atom is -0.350 e. The first-order valence-corrected chi connectivity index (χ1v) is 10.2. The molecule has 33 heavy (non-hydrogen) atoms. The number of carbonyl (C=O) groups is 1. The zero-order valence-electron chi connectivity index (χ0n) is 17.0. The summed E-state index contributed by atoms with van der Waals surface area (Å²) in [4.78, 5) is 29.2. The molecule has 0 aliphatic heterocycles. The highest BCUT2D eigenvalue weighted by molar-refractivity contribution is 6.30. The van der Waals surface area contributed by atoms with Gasteiger partial charge in [0.25, 0.3) is 11.5 Å². The van der Waals surface area contributed by atoms with Crippen molar-refractivity contribution >= 4 is 28.5 Å². The molecule has 0 bridgehead atoms. The molecule has 2 heterocycles. The minimum atomic E-state index is -4.46. The van der Waals surface area contributed by atoms with Crippen LogP contribution in [-0.4, -0.2) is 31.8 Å². The number of rotatable bonds is 6. The van der Waals surface area contributed by atoms with E-state index in [2.05, 4.69) is 15.4 Å². The predicted molar refractivity (Wildman–Crippen MR) is 116 cm³/mol. The van der Waals surface area contributed by atoms with E-state index in [4.69, 9.17) is 11.6 Å². The number of nitrogens with zero attached hydrogens (tertiary/aromatic N) is 4. The van der Waals surface area contributed by atoms with Gasteiger partial charge in [0.05, 0.1) is 24.8 Å². The fourth-order valence-corrected chi connectivity index (χ4v) is 3.42. The summed E-state index contributed by atoms with van der Waals surface area (Å²) in [6.45, 7) is 0.453. The number of aromatic nitrogens is 4. The Bertz CT molecular complexity index is 1360. The van der Waals surface area contributed by atoms with Gasteiger partial charge in [-0.2, -0.15) is 18.3 Å². The summed E-state index contributed by atoms with van der Waals surface area (Å²) < 4.78 is 41.5. The fourth-order valence-electron chi connectivity index (χ4n) is 3.30. The smallest absolute Gasteiger partial charge is 0.350 e. The normalized spacial score (nSPS) is 11.6. The highest BCUT2D eigenvalue weighted by atomic mass is 35.5. The first kappa shape index (κ1) is 22.5. The van der Waals surface area contributed by atoms with E-state index in [1.54, 1.807) is 24.3 Å². The average molecular weight is 476 g/mol. The van der Waals surface area contributed by atoms with Crippen LogP contribution in [0.4, 0.5) is 13.2 Å². The minimum absolute atomic E-state index is 0.0615. The summed E-state index contributed by atoms with van der Waals surface area (Å²) in [6.07, 6.45) is -1.84. The number of amides is 1. The molecule has 4 rings (SSSR count). The Morgan fingerprint density at radius 1 is 1.12 bits per heavy atom. The Balaban J connectivity index is 1.46. The summed E-state index contributed by atoms with van der Waals surface area (Å²) >= 11 is 5.82. The van der Waals surface area contributed by atoms with E-state index in [0.29, 0.717) is 21.8 Å². The van der Waals surface area contributed by atoms with Gasteiger partial charge in [0.15, 0.2) is 5.65 Å². The molecule has 0 aliphatic rings. The first-order valence-electron chi connectivity index (χ1n) is 9.83. The van der Waals surface area contributed by atoms with Crippen molar-refractivity contribution in [2.24, 2.45) is 0 Å². The van der Waals surface area contributed by atoms with E-state index < -0.39 is 17.3 Å². The topological polar surface area (TPSA) is 81.8 Å². The van der Waals surface area contributed by atoms with Crippen molar-refractivity contribution in [1.29, 1.82) is 0 Å². The number of hydrogen-bond acceptors (Lipinski definition) is 4. The Morgan fingerprint density at radius 2 is 1.88 bits per heavy atom. The van der Waals surface area contributed by atoms with Crippen molar-refractivity contribution in [2.75, 3.05) is 6.54 Å². The van der Waals surface area contributed by atoms with E-state index in [9.17, 15) is 22.8 Å². The molecule has 0 atom stereocenters. The zero-order valence-corrected chi connectivity index (χ0v) is 17.8. The SMILES string of the molecule is O=C(NCCn1ncc2c(=O)n(Cc3cccc(C(F)(F)F)c3)cnc21)c1ccc(Cl)cc1. The van der Waals surface area contributed by atoms with E-state index >= 15 is 0 Å². The van der Waals surface area contributed by atoms with Crippen LogP contribution in [0, 0.1) is 0 Å². The first-order chi connectivity index (χ1) is 15.7. The molecule has 7 nitrogen and oxygen atoms in total. The van der Waals surface area contributed by atoms with Crippen LogP contribution in [0.25, 0.3) is 11.0 Å². The molecule has 2 aromatic carbocycles. The van der Waals surface area contributed by atoms with Crippen LogP contribution in [0.3, 0.4) is 0 Å². The highest BCUT2D eigenvalue weighted by Crippen LogP contribution is 2.29. The second-order valence-electron chi connectivity index (χ2n) is 7.24. The summed E-state index contributed by atoms with van der Waals surface area (Å²) in [5, 5.41) is 7.66. The summed E-state index contributed by atoms with van der Waals surface area (Å²) in [6, 6.07) is 11.2. The molecule has 4 aromatic rings. The van der Waals surface area contributed by atoms with Crippen molar-refractivity contribution in [1.82, 2.24) is 24.6 Å². The number of fused-ring (bicyclic) bond motifs is 1. The van der Waals surface area contributed by atoms with Crippen molar-refractivity contribution in [3.05, 3.63) is 93.1 Å². The lowest BCUT2D eigenvalue weighted by molar-refractivity contribution is -0.137. The molecule has 0 fully saturated rings. The van der Waals surface area contributed by atoms with Gasteiger partial charge in [0, 0.05) is 17.1 Å². The van der Waals surface area contributed by atoms with Gasteiger partial charge in [-0.3, -0.25) is 14.2 Å². The van der Waals surface area contributed by atoms with Crippen molar-refractivity contribution in [2.45, 2.75) is 19.3 Å². The van der Waals surface area contributed by atoms with Crippen molar-refractivity contribution < 1.29 is 18.0 Å². The van der Waals surface area contributed by atoms with Gasteiger partial charge in [-0.1, -0.05) is 23.7 Å². The lowest BCUT2D eigenvalue weighted by atomic mass is 10.1. The second-order valence-corrected chi connectivity index (χ2v) is 7.68. The number of hydrogen-bond donors (Lipinski definition) is 1. The number of halogens is 4. The standard InChI is InChI=1S/C22H17ClF3N5O2/c23-17-6-4-15(5-7-17)20(32)27-8-9-31-19-18(11-29-31)21(33)30(13-28-19)12-14-2-1-3-16(10-14)22(24,25)26/h1-7,10-11,13H,8-9,12H2,(H,27,32). The maximum atomic E-state index is 12.9. The number of alkyl halides is 3. The zero-order chi connectivity index (χ0) is 23.6. The lowest BCUT2D eigenvalue weighted by Crippen LogP contribution is -2.27. The fraction of sp³-hybridized carbons (Fsp3) is 0.182. The molecule has 0 saturated carbocycles. The van der Waals surface area contributed by atoms with Gasteiger partial charge < -0.3 is 5.32 Å². The van der Waals surface area contributed by atoms with Gasteiger partial charge in [-0.25, -0.2) is 9.67 Å². The van der Waals surface area contributed by atoms with E-state index in [1.165, 1.54) is 33.9 Å². The third-order valence-corrected chi connectivity index (χ3v) is 5.20. The Morgan fingerprint density at radius 3 is 2.61 bits per heavy atom. The van der Waals surface area contributed by atoms with Gasteiger partial charge in [0.2, 0.25) is 0 Å². The van der Waals surface area contributed by atoms with Crippen LogP contribution in [0.15, 0.2) is 65.8 Å². The molecule has 0 saturated heterocycles. The molecule has 2 aromatic heterocycles. The monoisotopic (exact) mass is 475 g/mol. The van der Waals surface area contributed by atoms with Crippen LogP contribution in [0.1, 0.15) is 21.5 Å². The predicted octanol–water partition coefficient (Wildman–Crippen LogP) is 3.74. The lowest BCUT2D eigenvalue weighted by Gasteiger charge is -2.10. The molecule has 0 spiro atoms. The maximum Gasteiger partial charge on any atom is 0.416 e. The average Bonchev–Trinajstić information content (AvgIpc) is 3.19. The molecular weight excluding hydrogens is 459 g/mol. The number of carbonyl (C=O) groups excluding carboxylic acids is 1. The molecule has 1 N–H and O–H groups in total. The molecule has 11 heteroatoms.